The molecule has 17 heteroatoms. The fourth-order valence-electron chi connectivity index (χ4n) is 6.90. The first-order valence-electron chi connectivity index (χ1n) is 18.5. The van der Waals surface area contributed by atoms with Crippen molar-refractivity contribution in [1.82, 2.24) is 30.4 Å². The highest BCUT2D eigenvalue weighted by molar-refractivity contribution is 7.91. The predicted octanol–water partition coefficient (Wildman–Crippen LogP) is 4.16. The number of pyridine rings is 1. The van der Waals surface area contributed by atoms with Crippen LogP contribution in [0.2, 0.25) is 0 Å². The summed E-state index contributed by atoms with van der Waals surface area (Å²) in [5, 5.41) is 8.92. The zero-order valence-corrected chi connectivity index (χ0v) is 33.7. The number of fused-ring (bicyclic) bond motifs is 1. The molecule has 1 aliphatic heterocycles. The lowest BCUT2D eigenvalue weighted by molar-refractivity contribution is -0.143. The summed E-state index contributed by atoms with van der Waals surface area (Å²) in [4.78, 5) is 61.7. The average Bonchev–Trinajstić information content (AvgIpc) is 4.02. The smallest absolute Gasteiger partial charge is 0.408 e. The van der Waals surface area contributed by atoms with Crippen molar-refractivity contribution >= 4 is 44.9 Å². The molecule has 0 bridgehead atoms. The van der Waals surface area contributed by atoms with Crippen LogP contribution in [0.5, 0.6) is 11.5 Å². The van der Waals surface area contributed by atoms with Crippen molar-refractivity contribution in [1.29, 1.82) is 0 Å². The molecule has 56 heavy (non-hydrogen) atoms. The fourth-order valence-corrected chi connectivity index (χ4v) is 8.26. The number of methoxy groups -OCH3 is 1. The molecule has 2 aromatic heterocycles. The van der Waals surface area contributed by atoms with Crippen molar-refractivity contribution in [2.24, 2.45) is 11.3 Å². The number of aryl methyl sites for hydroxylation is 1. The summed E-state index contributed by atoms with van der Waals surface area (Å²) >= 11 is 0. The maximum atomic E-state index is 14.6. The van der Waals surface area contributed by atoms with Gasteiger partial charge in [0.25, 0.3) is 5.91 Å². The molecule has 4 amide bonds. The number of carbonyl (C=O) groups excluding carboxylic acids is 4. The van der Waals surface area contributed by atoms with E-state index in [-0.39, 0.29) is 30.7 Å². The molecule has 1 saturated heterocycles. The largest absolute Gasteiger partial charge is 0.496 e. The SMILES string of the molecule is C=CC1CC1(NC(=O)C1CC(Oc2cc(-c3ccccc3OC)nc3c(C)noc23)CN1C(=O)C(NC(=O)OC(C)(C)C)C(C)(C)C)C(=O)NS(=O)(=O)C1CC1. The van der Waals surface area contributed by atoms with E-state index in [4.69, 9.17) is 23.7 Å². The zero-order chi connectivity index (χ0) is 41.0. The van der Waals surface area contributed by atoms with Crippen LogP contribution in [0, 0.1) is 18.3 Å². The number of hydrogen-bond acceptors (Lipinski definition) is 12. The van der Waals surface area contributed by atoms with E-state index < -0.39 is 79.7 Å². The number of likely N-dealkylation sites (tertiary alicyclic amines) is 1. The Balaban J connectivity index is 1.34. The second-order valence-corrected chi connectivity index (χ2v) is 18.7. The number of nitrogens with one attached hydrogen (secondary N) is 3. The summed E-state index contributed by atoms with van der Waals surface area (Å²) in [5.41, 5.74) is -0.907. The van der Waals surface area contributed by atoms with E-state index >= 15 is 0 Å². The van der Waals surface area contributed by atoms with Crippen LogP contribution in [0.4, 0.5) is 4.79 Å². The van der Waals surface area contributed by atoms with Crippen LogP contribution in [-0.4, -0.2) is 95.5 Å². The van der Waals surface area contributed by atoms with Crippen molar-refractivity contribution in [3.63, 3.8) is 0 Å². The molecule has 5 atom stereocenters. The summed E-state index contributed by atoms with van der Waals surface area (Å²) in [6, 6.07) is 6.62. The van der Waals surface area contributed by atoms with Gasteiger partial charge in [0.15, 0.2) is 5.75 Å². The van der Waals surface area contributed by atoms with Crippen molar-refractivity contribution < 1.29 is 46.3 Å². The molecular formula is C39H50N6O10S. The van der Waals surface area contributed by atoms with Gasteiger partial charge in [0, 0.05) is 24.0 Å². The lowest BCUT2D eigenvalue weighted by atomic mass is 9.85. The number of ether oxygens (including phenoxy) is 3. The van der Waals surface area contributed by atoms with Gasteiger partial charge in [-0.15, -0.1) is 6.58 Å². The maximum Gasteiger partial charge on any atom is 0.408 e. The van der Waals surface area contributed by atoms with Crippen LogP contribution in [0.25, 0.3) is 22.4 Å². The number of nitrogens with zero attached hydrogens (tertiary/aromatic N) is 3. The van der Waals surface area contributed by atoms with Gasteiger partial charge in [-0.1, -0.05) is 44.1 Å². The first-order chi connectivity index (χ1) is 26.2. The Bertz CT molecular complexity index is 2170. The highest BCUT2D eigenvalue weighted by atomic mass is 32.2. The molecule has 0 radical (unpaired) electrons. The van der Waals surface area contributed by atoms with Gasteiger partial charge >= 0.3 is 6.09 Å². The van der Waals surface area contributed by atoms with Gasteiger partial charge in [0.1, 0.15) is 46.3 Å². The molecule has 0 spiro atoms. The molecule has 2 aliphatic carbocycles. The molecule has 3 aromatic rings. The molecule has 3 aliphatic rings. The molecule has 16 nitrogen and oxygen atoms in total. The van der Waals surface area contributed by atoms with Crippen LogP contribution < -0.4 is 24.8 Å². The molecular weight excluding hydrogens is 745 g/mol. The average molecular weight is 795 g/mol. The van der Waals surface area contributed by atoms with Crippen molar-refractivity contribution in [2.45, 2.75) is 109 Å². The third-order valence-corrected chi connectivity index (χ3v) is 11.9. The van der Waals surface area contributed by atoms with E-state index in [9.17, 15) is 27.6 Å². The topological polar surface area (TPSA) is 208 Å². The number of hydrogen-bond donors (Lipinski definition) is 3. The summed E-state index contributed by atoms with van der Waals surface area (Å²) in [6.07, 6.45) is 0.814. The van der Waals surface area contributed by atoms with Crippen molar-refractivity contribution in [2.75, 3.05) is 13.7 Å². The molecule has 3 heterocycles. The van der Waals surface area contributed by atoms with E-state index in [0.717, 1.165) is 0 Å². The second kappa shape index (κ2) is 14.7. The van der Waals surface area contributed by atoms with Gasteiger partial charge in [0.2, 0.25) is 27.4 Å². The second-order valence-electron chi connectivity index (χ2n) is 16.8. The number of benzene rings is 1. The first-order valence-corrected chi connectivity index (χ1v) is 20.1. The fraction of sp³-hybridized carbons (Fsp3) is 0.538. The quantitative estimate of drug-likeness (QED) is 0.221. The van der Waals surface area contributed by atoms with Crippen LogP contribution in [0.15, 0.2) is 47.5 Å². The van der Waals surface area contributed by atoms with Gasteiger partial charge < -0.3 is 34.3 Å². The molecule has 3 N–H and O–H groups in total. The van der Waals surface area contributed by atoms with Crippen molar-refractivity contribution in [3.05, 3.63) is 48.7 Å². The number of alkyl carbamates (subject to hydrolysis) is 1. The van der Waals surface area contributed by atoms with Crippen LogP contribution in [0.3, 0.4) is 0 Å². The van der Waals surface area contributed by atoms with Crippen LogP contribution >= 0.6 is 0 Å². The molecule has 6 rings (SSSR count). The summed E-state index contributed by atoms with van der Waals surface area (Å²) in [5.74, 6) is -1.89. The standard InChI is InChI=1S/C39H50N6O10S/c1-10-22-19-39(22,35(48)44-56(50,51)24-15-16-24)42-33(46)27-17-23(20-45(27)34(47)32(37(3,4)5)41-36(49)54-38(6,7)8)53-29-18-26(25-13-11-12-14-28(25)52-9)40-30-21(2)43-55-31(29)30/h10-14,18,22-24,27,32H,1,15-17,19-20H2,2-9H3,(H,41,49)(H,42,46)(H,44,48). The summed E-state index contributed by atoms with van der Waals surface area (Å²) < 4.78 is 50.9. The first kappa shape index (κ1) is 40.5. The highest BCUT2D eigenvalue weighted by Crippen LogP contribution is 2.46. The van der Waals surface area contributed by atoms with E-state index in [1.54, 1.807) is 67.7 Å². The van der Waals surface area contributed by atoms with Crippen LogP contribution in [0.1, 0.15) is 72.9 Å². The normalized spacial score (nSPS) is 22.9. The van der Waals surface area contributed by atoms with Gasteiger partial charge in [-0.05, 0) is 64.5 Å². The molecule has 2 saturated carbocycles. The molecule has 302 valence electrons. The Morgan fingerprint density at radius 3 is 2.39 bits per heavy atom. The number of carbonyl (C=O) groups is 4. The van der Waals surface area contributed by atoms with E-state index in [0.29, 0.717) is 41.1 Å². The Morgan fingerprint density at radius 1 is 1.09 bits per heavy atom. The van der Waals surface area contributed by atoms with Gasteiger partial charge in [0.05, 0.1) is 24.6 Å². The van der Waals surface area contributed by atoms with Gasteiger partial charge in [-0.3, -0.25) is 19.1 Å². The minimum Gasteiger partial charge on any atom is -0.496 e. The van der Waals surface area contributed by atoms with Gasteiger partial charge in [-0.25, -0.2) is 18.2 Å². The Kier molecular flexibility index (Phi) is 10.6. The highest BCUT2D eigenvalue weighted by Gasteiger charge is 2.62. The van der Waals surface area contributed by atoms with E-state index in [1.807, 2.05) is 18.2 Å². The number of sulfonamides is 1. The lowest BCUT2D eigenvalue weighted by Crippen LogP contribution is -2.60. The summed E-state index contributed by atoms with van der Waals surface area (Å²) in [7, 11) is -2.38. The van der Waals surface area contributed by atoms with Gasteiger partial charge in [-0.2, -0.15) is 0 Å². The van der Waals surface area contributed by atoms with Crippen molar-refractivity contribution in [3.8, 4) is 22.8 Å². The maximum absolute atomic E-state index is 14.6. The Labute approximate surface area is 326 Å². The lowest BCUT2D eigenvalue weighted by Gasteiger charge is -2.36. The van der Waals surface area contributed by atoms with Crippen LogP contribution in [-0.2, 0) is 29.1 Å². The predicted molar refractivity (Wildman–Crippen MR) is 205 cm³/mol. The minimum absolute atomic E-state index is 0.0430. The molecule has 3 fully saturated rings. The third-order valence-electron chi connectivity index (χ3n) is 10.1. The number of aromatic nitrogens is 2. The number of amides is 4. The number of para-hydroxylation sites is 1. The Hall–Kier alpha value is -5.19. The summed E-state index contributed by atoms with van der Waals surface area (Å²) in [6.45, 7) is 15.8. The third kappa shape index (κ3) is 8.32. The minimum atomic E-state index is -3.93. The monoisotopic (exact) mass is 794 g/mol. The Morgan fingerprint density at radius 2 is 1.79 bits per heavy atom. The molecule has 1 aromatic carbocycles. The van der Waals surface area contributed by atoms with E-state index in [2.05, 4.69) is 27.1 Å². The molecule has 5 unspecified atom stereocenters. The number of rotatable bonds is 12. The zero-order valence-electron chi connectivity index (χ0n) is 32.9. The van der Waals surface area contributed by atoms with E-state index in [1.165, 1.54) is 11.0 Å².